The molecule has 1 saturated carbocycles. The minimum absolute atomic E-state index is 0.233. The summed E-state index contributed by atoms with van der Waals surface area (Å²) >= 11 is 0. The average molecular weight is 556 g/mol. The predicted octanol–water partition coefficient (Wildman–Crippen LogP) is 4.82. The summed E-state index contributed by atoms with van der Waals surface area (Å²) in [6.07, 6.45) is 9.67. The molecular weight excluding hydrogens is 514 g/mol. The third-order valence-electron chi connectivity index (χ3n) is 8.05. The predicted molar refractivity (Wildman–Crippen MR) is 152 cm³/mol. The maximum Gasteiger partial charge on any atom is 0.243 e. The van der Waals surface area contributed by atoms with Gasteiger partial charge in [0.25, 0.3) is 0 Å². The van der Waals surface area contributed by atoms with Gasteiger partial charge in [0.15, 0.2) is 0 Å². The molecular formula is C29H41N5O4S. The second kappa shape index (κ2) is 12.3. The first-order valence-corrected chi connectivity index (χ1v) is 15.8. The molecule has 2 fully saturated rings. The van der Waals surface area contributed by atoms with Crippen LogP contribution in [-0.2, 0) is 14.8 Å². The van der Waals surface area contributed by atoms with Gasteiger partial charge in [-0.05, 0) is 62.8 Å². The van der Waals surface area contributed by atoms with Crippen molar-refractivity contribution in [3.05, 3.63) is 42.2 Å². The number of aromatic nitrogens is 3. The summed E-state index contributed by atoms with van der Waals surface area (Å²) in [7, 11) is -3.55. The van der Waals surface area contributed by atoms with Gasteiger partial charge in [-0.2, -0.15) is 4.31 Å². The van der Waals surface area contributed by atoms with E-state index in [1.54, 1.807) is 12.1 Å². The Hall–Kier alpha value is -2.53. The highest BCUT2D eigenvalue weighted by molar-refractivity contribution is 7.89. The molecule has 0 radical (unpaired) electrons. The minimum Gasteiger partial charge on any atom is -0.393 e. The van der Waals surface area contributed by atoms with Crippen molar-refractivity contribution in [3.63, 3.8) is 0 Å². The number of ether oxygens (including phenoxy) is 1. The van der Waals surface area contributed by atoms with Crippen LogP contribution in [0.4, 0.5) is 5.95 Å². The van der Waals surface area contributed by atoms with Gasteiger partial charge in [0.2, 0.25) is 16.0 Å². The number of rotatable bonds is 10. The molecule has 3 aromatic rings. The Morgan fingerprint density at radius 3 is 2.51 bits per heavy atom. The molecule has 0 amide bonds. The van der Waals surface area contributed by atoms with Gasteiger partial charge in [-0.25, -0.2) is 17.9 Å². The lowest BCUT2D eigenvalue weighted by atomic mass is 9.85. The highest BCUT2D eigenvalue weighted by atomic mass is 32.2. The lowest BCUT2D eigenvalue weighted by Crippen LogP contribution is -2.40. The van der Waals surface area contributed by atoms with E-state index in [4.69, 9.17) is 9.84 Å². The van der Waals surface area contributed by atoms with Crippen LogP contribution in [-0.4, -0.2) is 70.9 Å². The molecule has 0 bridgehead atoms. The first-order valence-electron chi connectivity index (χ1n) is 14.4. The highest BCUT2D eigenvalue weighted by Crippen LogP contribution is 2.38. The summed E-state index contributed by atoms with van der Waals surface area (Å²) in [4.78, 5) is 4.94. The first-order chi connectivity index (χ1) is 18.9. The summed E-state index contributed by atoms with van der Waals surface area (Å²) in [5.41, 5.74) is 3.91. The van der Waals surface area contributed by atoms with E-state index in [0.29, 0.717) is 38.2 Å². The van der Waals surface area contributed by atoms with Crippen LogP contribution in [0.2, 0.25) is 0 Å². The van der Waals surface area contributed by atoms with E-state index in [-0.39, 0.29) is 17.0 Å². The lowest BCUT2D eigenvalue weighted by molar-refractivity contribution is 0.0730. The van der Waals surface area contributed by atoms with Crippen molar-refractivity contribution in [1.29, 1.82) is 0 Å². The van der Waals surface area contributed by atoms with E-state index in [1.165, 1.54) is 23.6 Å². The number of aliphatic hydroxyl groups excluding tert-OH is 1. The molecule has 1 aliphatic heterocycles. The SMILES string of the molecule is CCCCC[C@H](C)Nc1ncc2c(-c3ccc(S(=O)(=O)N4CCOCC4)cc3)cc([C@H]3CC[C@H](O)CC3)n2n1. The van der Waals surface area contributed by atoms with Gasteiger partial charge in [0.05, 0.1) is 35.9 Å². The first kappa shape index (κ1) is 28.0. The Bertz CT molecular complexity index is 1340. The van der Waals surface area contributed by atoms with E-state index in [9.17, 15) is 13.5 Å². The largest absolute Gasteiger partial charge is 0.393 e. The van der Waals surface area contributed by atoms with Gasteiger partial charge < -0.3 is 15.2 Å². The fourth-order valence-electron chi connectivity index (χ4n) is 5.71. The fourth-order valence-corrected chi connectivity index (χ4v) is 7.12. The molecule has 39 heavy (non-hydrogen) atoms. The molecule has 1 atom stereocenters. The number of hydrogen-bond donors (Lipinski definition) is 2. The molecule has 0 spiro atoms. The second-order valence-corrected chi connectivity index (χ2v) is 12.9. The summed E-state index contributed by atoms with van der Waals surface area (Å²) in [6, 6.07) is 9.58. The van der Waals surface area contributed by atoms with Gasteiger partial charge in [-0.1, -0.05) is 38.3 Å². The number of morpholine rings is 1. The van der Waals surface area contributed by atoms with Crippen molar-refractivity contribution < 1.29 is 18.3 Å². The van der Waals surface area contributed by atoms with Crippen LogP contribution < -0.4 is 5.32 Å². The van der Waals surface area contributed by atoms with E-state index in [1.807, 2.05) is 22.8 Å². The molecule has 1 aliphatic carbocycles. The average Bonchev–Trinajstić information content (AvgIpc) is 3.33. The van der Waals surface area contributed by atoms with Gasteiger partial charge in [-0.15, -0.1) is 5.10 Å². The van der Waals surface area contributed by atoms with Crippen LogP contribution in [0, 0.1) is 0 Å². The molecule has 2 aromatic heterocycles. The third kappa shape index (κ3) is 6.29. The standard InChI is InChI=1S/C29H41N5O4S/c1-3-4-5-6-21(2)31-29-30-20-28-26(19-27(34(28)32-29)23-7-11-24(35)12-8-23)22-9-13-25(14-10-22)39(36,37)33-15-17-38-18-16-33/h9-10,13-14,19-21,23-24,35H,3-8,11-12,15-18H2,1-2H3,(H,31,32)/t21-,23-,24-/m0/s1. The molecule has 1 saturated heterocycles. The maximum atomic E-state index is 13.1. The van der Waals surface area contributed by atoms with E-state index in [2.05, 4.69) is 30.2 Å². The minimum atomic E-state index is -3.55. The van der Waals surface area contributed by atoms with Crippen molar-refractivity contribution in [1.82, 2.24) is 18.9 Å². The fraction of sp³-hybridized carbons (Fsp3) is 0.586. The molecule has 2 aliphatic rings. The van der Waals surface area contributed by atoms with Crippen LogP contribution in [0.15, 0.2) is 41.4 Å². The number of aliphatic hydroxyl groups is 1. The summed E-state index contributed by atoms with van der Waals surface area (Å²) in [5.74, 6) is 0.901. The zero-order valence-electron chi connectivity index (χ0n) is 23.1. The number of nitrogens with one attached hydrogen (secondary N) is 1. The number of unbranched alkanes of at least 4 members (excludes halogenated alkanes) is 2. The molecule has 3 heterocycles. The molecule has 5 rings (SSSR count). The van der Waals surface area contributed by atoms with Crippen molar-refractivity contribution in [2.45, 2.75) is 88.2 Å². The Kier molecular flexibility index (Phi) is 8.86. The highest BCUT2D eigenvalue weighted by Gasteiger charge is 2.28. The quantitative estimate of drug-likeness (QED) is 0.345. The molecule has 212 valence electrons. The number of benzene rings is 1. The van der Waals surface area contributed by atoms with E-state index >= 15 is 0 Å². The number of fused-ring (bicyclic) bond motifs is 1. The Morgan fingerprint density at radius 2 is 1.82 bits per heavy atom. The van der Waals surface area contributed by atoms with Crippen LogP contribution in [0.25, 0.3) is 16.6 Å². The van der Waals surface area contributed by atoms with E-state index < -0.39 is 10.0 Å². The number of nitrogens with zero attached hydrogens (tertiary/aromatic N) is 4. The zero-order chi connectivity index (χ0) is 27.4. The van der Waals surface area contributed by atoms with E-state index in [0.717, 1.165) is 54.4 Å². The Labute approximate surface area is 231 Å². The van der Waals surface area contributed by atoms with Crippen molar-refractivity contribution >= 4 is 21.5 Å². The van der Waals surface area contributed by atoms with Gasteiger partial charge >= 0.3 is 0 Å². The van der Waals surface area contributed by atoms with Crippen LogP contribution in [0.1, 0.15) is 76.8 Å². The summed E-state index contributed by atoms with van der Waals surface area (Å²) < 4.78 is 35.0. The monoisotopic (exact) mass is 555 g/mol. The van der Waals surface area contributed by atoms with Crippen LogP contribution >= 0.6 is 0 Å². The molecule has 10 heteroatoms. The molecule has 2 N–H and O–H groups in total. The topological polar surface area (TPSA) is 109 Å². The number of hydrogen-bond acceptors (Lipinski definition) is 7. The maximum absolute atomic E-state index is 13.1. The Morgan fingerprint density at radius 1 is 1.10 bits per heavy atom. The Balaban J connectivity index is 1.46. The van der Waals surface area contributed by atoms with Gasteiger partial charge in [-0.3, -0.25) is 0 Å². The molecule has 0 unspecified atom stereocenters. The number of sulfonamides is 1. The molecule has 1 aromatic carbocycles. The normalized spacial score (nSPS) is 21.7. The van der Waals surface area contributed by atoms with Crippen LogP contribution in [0.5, 0.6) is 0 Å². The van der Waals surface area contributed by atoms with Crippen molar-refractivity contribution in [2.24, 2.45) is 0 Å². The second-order valence-electron chi connectivity index (χ2n) is 10.9. The van der Waals surface area contributed by atoms with Gasteiger partial charge in [0.1, 0.15) is 0 Å². The lowest BCUT2D eigenvalue weighted by Gasteiger charge is -2.26. The summed E-state index contributed by atoms with van der Waals surface area (Å²) in [6.45, 7) is 5.96. The summed E-state index contributed by atoms with van der Waals surface area (Å²) in [5, 5.41) is 18.5. The van der Waals surface area contributed by atoms with Crippen molar-refractivity contribution in [3.8, 4) is 11.1 Å². The van der Waals surface area contributed by atoms with Crippen LogP contribution in [0.3, 0.4) is 0 Å². The number of anilines is 1. The third-order valence-corrected chi connectivity index (χ3v) is 9.96. The zero-order valence-corrected chi connectivity index (χ0v) is 23.9. The van der Waals surface area contributed by atoms with Crippen molar-refractivity contribution in [2.75, 3.05) is 31.6 Å². The smallest absolute Gasteiger partial charge is 0.243 e. The molecule has 9 nitrogen and oxygen atoms in total. The van der Waals surface area contributed by atoms with Gasteiger partial charge in [0, 0.05) is 36.3 Å².